The largest absolute Gasteiger partial charge is 0.446 e. The van der Waals surface area contributed by atoms with Crippen molar-refractivity contribution in [3.05, 3.63) is 36.4 Å². The summed E-state index contributed by atoms with van der Waals surface area (Å²) < 4.78 is 5.52. The second-order valence-electron chi connectivity index (χ2n) is 6.67. The van der Waals surface area contributed by atoms with Crippen LogP contribution >= 0.6 is 11.8 Å². The molecule has 27 heavy (non-hydrogen) atoms. The van der Waals surface area contributed by atoms with E-state index in [9.17, 15) is 14.4 Å². The first-order valence-corrected chi connectivity index (χ1v) is 10.5. The standard InChI is InChI=1S/C20H24N2O4S/c1-27-17-13-18(23)22(19(17)24)15-11-9-14(10-12-15)21-20(25)26-16-7-5-3-2-4-6-8-16/h2-3,9-12,16-17H,4-8,13H2,1H3,(H,21,25)/b3-2+. The highest BCUT2D eigenvalue weighted by molar-refractivity contribution is 8.00. The summed E-state index contributed by atoms with van der Waals surface area (Å²) in [6, 6.07) is 6.67. The minimum absolute atomic E-state index is 0.0717. The third-order valence-electron chi connectivity index (χ3n) is 4.75. The van der Waals surface area contributed by atoms with Gasteiger partial charge < -0.3 is 4.74 Å². The number of thioether (sulfide) groups is 1. The molecule has 0 saturated carbocycles. The van der Waals surface area contributed by atoms with Crippen LogP contribution in [0.2, 0.25) is 0 Å². The van der Waals surface area contributed by atoms with Gasteiger partial charge in [-0.1, -0.05) is 12.2 Å². The number of ether oxygens (including phenoxy) is 1. The number of nitrogens with one attached hydrogen (secondary N) is 1. The van der Waals surface area contributed by atoms with Crippen molar-refractivity contribution in [2.24, 2.45) is 0 Å². The summed E-state index contributed by atoms with van der Waals surface area (Å²) in [7, 11) is 0. The molecule has 1 fully saturated rings. The summed E-state index contributed by atoms with van der Waals surface area (Å²) in [5, 5.41) is 2.40. The molecule has 1 saturated heterocycles. The lowest BCUT2D eigenvalue weighted by Crippen LogP contribution is -2.31. The summed E-state index contributed by atoms with van der Waals surface area (Å²) >= 11 is 1.38. The number of hydrogen-bond donors (Lipinski definition) is 1. The molecular weight excluding hydrogens is 364 g/mol. The van der Waals surface area contributed by atoms with E-state index in [2.05, 4.69) is 17.5 Å². The Hall–Kier alpha value is -2.28. The van der Waals surface area contributed by atoms with Crippen LogP contribution in [-0.4, -0.2) is 35.5 Å². The van der Waals surface area contributed by atoms with Gasteiger partial charge in [-0.15, -0.1) is 0 Å². The van der Waals surface area contributed by atoms with E-state index in [1.807, 2.05) is 6.26 Å². The van der Waals surface area contributed by atoms with Crippen LogP contribution in [0.15, 0.2) is 36.4 Å². The number of rotatable bonds is 4. The molecule has 2 unspecified atom stereocenters. The molecule has 1 aromatic carbocycles. The van der Waals surface area contributed by atoms with Crippen molar-refractivity contribution in [3.63, 3.8) is 0 Å². The van der Waals surface area contributed by atoms with Crippen molar-refractivity contribution in [3.8, 4) is 0 Å². The zero-order valence-electron chi connectivity index (χ0n) is 15.3. The van der Waals surface area contributed by atoms with E-state index in [-0.39, 0.29) is 29.6 Å². The number of hydrogen-bond acceptors (Lipinski definition) is 5. The number of amides is 3. The Balaban J connectivity index is 1.57. The summed E-state index contributed by atoms with van der Waals surface area (Å²) in [6.45, 7) is 0. The lowest BCUT2D eigenvalue weighted by atomic mass is 10.0. The van der Waals surface area contributed by atoms with Crippen LogP contribution in [0.5, 0.6) is 0 Å². The molecule has 3 amide bonds. The molecule has 7 heteroatoms. The normalized spacial score (nSPS) is 24.3. The van der Waals surface area contributed by atoms with E-state index in [0.29, 0.717) is 11.4 Å². The van der Waals surface area contributed by atoms with E-state index in [0.717, 1.165) is 32.1 Å². The SMILES string of the molecule is CSC1CC(=O)N(c2ccc(NC(=O)OC3CC/C=C/CCC3)cc2)C1=O. The molecule has 1 aromatic rings. The van der Waals surface area contributed by atoms with E-state index in [1.54, 1.807) is 24.3 Å². The predicted molar refractivity (Wildman–Crippen MR) is 107 cm³/mol. The lowest BCUT2D eigenvalue weighted by Gasteiger charge is -2.19. The van der Waals surface area contributed by atoms with Gasteiger partial charge in [-0.2, -0.15) is 11.8 Å². The van der Waals surface area contributed by atoms with Crippen molar-refractivity contribution in [2.45, 2.75) is 49.9 Å². The molecule has 0 radical (unpaired) electrons. The smallest absolute Gasteiger partial charge is 0.411 e. The van der Waals surface area contributed by atoms with Gasteiger partial charge in [0.15, 0.2) is 0 Å². The highest BCUT2D eigenvalue weighted by Crippen LogP contribution is 2.29. The molecule has 2 atom stereocenters. The number of carbonyl (C=O) groups is 3. The van der Waals surface area contributed by atoms with Crippen LogP contribution in [0, 0.1) is 0 Å². The Bertz CT molecular complexity index is 732. The van der Waals surface area contributed by atoms with Gasteiger partial charge in [-0.25, -0.2) is 9.69 Å². The molecule has 3 rings (SSSR count). The Morgan fingerprint density at radius 2 is 1.89 bits per heavy atom. The predicted octanol–water partition coefficient (Wildman–Crippen LogP) is 4.12. The Kier molecular flexibility index (Phi) is 6.55. The first-order chi connectivity index (χ1) is 13.1. The van der Waals surface area contributed by atoms with Crippen molar-refractivity contribution >= 4 is 41.0 Å². The molecular formula is C20H24N2O4S. The summed E-state index contributed by atoms with van der Waals surface area (Å²) in [4.78, 5) is 37.7. The minimum atomic E-state index is -0.479. The summed E-state index contributed by atoms with van der Waals surface area (Å²) in [6.07, 6.45) is 10.5. The van der Waals surface area contributed by atoms with Crippen molar-refractivity contribution in [1.82, 2.24) is 0 Å². The van der Waals surface area contributed by atoms with Gasteiger partial charge >= 0.3 is 6.09 Å². The number of carbonyl (C=O) groups excluding carboxylic acids is 3. The monoisotopic (exact) mass is 388 g/mol. The molecule has 0 spiro atoms. The second kappa shape index (κ2) is 9.08. The second-order valence-corrected chi connectivity index (χ2v) is 7.72. The summed E-state index contributed by atoms with van der Waals surface area (Å²) in [5.74, 6) is -0.385. The van der Waals surface area contributed by atoms with E-state index in [4.69, 9.17) is 4.74 Å². The fourth-order valence-corrected chi connectivity index (χ4v) is 3.91. The van der Waals surface area contributed by atoms with Gasteiger partial charge in [0, 0.05) is 12.1 Å². The van der Waals surface area contributed by atoms with Gasteiger partial charge in [-0.05, 0) is 62.6 Å². The number of anilines is 2. The van der Waals surface area contributed by atoms with Crippen LogP contribution in [-0.2, 0) is 14.3 Å². The summed E-state index contributed by atoms with van der Waals surface area (Å²) in [5.41, 5.74) is 1.09. The molecule has 1 aliphatic carbocycles. The van der Waals surface area contributed by atoms with Crippen LogP contribution in [0.3, 0.4) is 0 Å². The number of imide groups is 1. The fraction of sp³-hybridized carbons (Fsp3) is 0.450. The number of benzene rings is 1. The highest BCUT2D eigenvalue weighted by atomic mass is 32.2. The molecule has 144 valence electrons. The van der Waals surface area contributed by atoms with Gasteiger partial charge in [0.05, 0.1) is 10.9 Å². The number of nitrogens with zero attached hydrogens (tertiary/aromatic N) is 1. The van der Waals surface area contributed by atoms with Gasteiger partial charge in [0.25, 0.3) is 0 Å². The zero-order chi connectivity index (χ0) is 19.2. The highest BCUT2D eigenvalue weighted by Gasteiger charge is 2.38. The first kappa shape index (κ1) is 19.5. The maximum Gasteiger partial charge on any atom is 0.411 e. The minimum Gasteiger partial charge on any atom is -0.446 e. The van der Waals surface area contributed by atoms with Crippen LogP contribution in [0.4, 0.5) is 16.2 Å². The lowest BCUT2D eigenvalue weighted by molar-refractivity contribution is -0.121. The van der Waals surface area contributed by atoms with Gasteiger partial charge in [-0.3, -0.25) is 14.9 Å². The maximum atomic E-state index is 12.3. The molecule has 0 bridgehead atoms. The van der Waals surface area contributed by atoms with Gasteiger partial charge in [0.2, 0.25) is 11.8 Å². The van der Waals surface area contributed by atoms with Crippen LogP contribution < -0.4 is 10.2 Å². The molecule has 1 aliphatic heterocycles. The number of allylic oxidation sites excluding steroid dienone is 2. The Labute approximate surface area is 163 Å². The topological polar surface area (TPSA) is 75.7 Å². The third-order valence-corrected chi connectivity index (χ3v) is 5.69. The van der Waals surface area contributed by atoms with Crippen molar-refractivity contribution in [1.29, 1.82) is 0 Å². The van der Waals surface area contributed by atoms with E-state index >= 15 is 0 Å². The maximum absolute atomic E-state index is 12.3. The zero-order valence-corrected chi connectivity index (χ0v) is 16.2. The van der Waals surface area contributed by atoms with Crippen molar-refractivity contribution < 1.29 is 19.1 Å². The Morgan fingerprint density at radius 3 is 2.59 bits per heavy atom. The fourth-order valence-electron chi connectivity index (χ4n) is 3.30. The van der Waals surface area contributed by atoms with Crippen molar-refractivity contribution in [2.75, 3.05) is 16.5 Å². The quantitative estimate of drug-likeness (QED) is 0.620. The van der Waals surface area contributed by atoms with Crippen LogP contribution in [0.1, 0.15) is 38.5 Å². The third kappa shape index (κ3) is 4.91. The average molecular weight is 388 g/mol. The first-order valence-electron chi connectivity index (χ1n) is 9.21. The molecule has 1 N–H and O–H groups in total. The molecule has 2 aliphatic rings. The van der Waals surface area contributed by atoms with Crippen LogP contribution in [0.25, 0.3) is 0 Å². The Morgan fingerprint density at radius 1 is 1.15 bits per heavy atom. The van der Waals surface area contributed by atoms with Gasteiger partial charge in [0.1, 0.15) is 6.10 Å². The molecule has 0 aromatic heterocycles. The molecule has 1 heterocycles. The average Bonchev–Trinajstić information content (AvgIpc) is 2.92. The molecule has 6 nitrogen and oxygen atoms in total. The van der Waals surface area contributed by atoms with E-state index < -0.39 is 6.09 Å². The van der Waals surface area contributed by atoms with E-state index in [1.165, 1.54) is 16.7 Å².